The van der Waals surface area contributed by atoms with Crippen molar-refractivity contribution in [3.63, 3.8) is 0 Å². The fraction of sp³-hybridized carbons (Fsp3) is 0.486. The first kappa shape index (κ1) is 33.8. The summed E-state index contributed by atoms with van der Waals surface area (Å²) in [5.41, 5.74) is 0.832. The molecule has 3 aliphatic rings. The van der Waals surface area contributed by atoms with Gasteiger partial charge in [-0.25, -0.2) is 13.4 Å². The second-order valence-corrected chi connectivity index (χ2v) is 16.8. The Kier molecular flexibility index (Phi) is 8.72. The van der Waals surface area contributed by atoms with Gasteiger partial charge in [0.2, 0.25) is 27.7 Å². The van der Waals surface area contributed by atoms with Crippen LogP contribution >= 0.6 is 0 Å². The summed E-state index contributed by atoms with van der Waals surface area (Å²) in [4.78, 5) is 52.6. The number of fused-ring (bicyclic) bond motifs is 1. The van der Waals surface area contributed by atoms with E-state index in [1.165, 1.54) is 0 Å². The minimum atomic E-state index is -3.80. The van der Waals surface area contributed by atoms with Crippen molar-refractivity contribution in [1.82, 2.24) is 19.6 Å². The molecule has 254 valence electrons. The number of amides is 2. The van der Waals surface area contributed by atoms with E-state index in [0.717, 1.165) is 16.3 Å². The number of carbonyl (C=O) groups excluding carboxylic acids is 3. The predicted molar refractivity (Wildman–Crippen MR) is 183 cm³/mol. The maximum absolute atomic E-state index is 14.2. The van der Waals surface area contributed by atoms with E-state index >= 15 is 0 Å². The number of nitrogens with zero attached hydrogens (tertiary/aromatic N) is 3. The lowest BCUT2D eigenvalue weighted by atomic mass is 9.81. The zero-order chi connectivity index (χ0) is 34.6. The van der Waals surface area contributed by atoms with Crippen LogP contribution in [0.1, 0.15) is 65.4 Å². The highest BCUT2D eigenvalue weighted by atomic mass is 32.2. The quantitative estimate of drug-likeness (QED) is 0.268. The average Bonchev–Trinajstić information content (AvgIpc) is 3.97. The van der Waals surface area contributed by atoms with Crippen LogP contribution in [0.3, 0.4) is 0 Å². The second-order valence-electron chi connectivity index (χ2n) is 14.8. The van der Waals surface area contributed by atoms with E-state index in [0.29, 0.717) is 36.5 Å². The smallest absolute Gasteiger partial charge is 0.240 e. The van der Waals surface area contributed by atoms with Gasteiger partial charge in [0.15, 0.2) is 5.78 Å². The number of rotatable bonds is 11. The summed E-state index contributed by atoms with van der Waals surface area (Å²) >= 11 is 0. The summed E-state index contributed by atoms with van der Waals surface area (Å²) in [6, 6.07) is 12.7. The Bertz CT molecular complexity index is 1880. The summed E-state index contributed by atoms with van der Waals surface area (Å²) in [5.74, 6) is -1.49. The lowest BCUT2D eigenvalue weighted by Crippen LogP contribution is -2.47. The molecule has 1 saturated heterocycles. The third-order valence-corrected chi connectivity index (χ3v) is 12.1. The van der Waals surface area contributed by atoms with Crippen molar-refractivity contribution in [1.29, 1.82) is 0 Å². The molecule has 6 rings (SSSR count). The van der Waals surface area contributed by atoms with Crippen LogP contribution in [0.4, 0.5) is 0 Å². The Labute approximate surface area is 282 Å². The third kappa shape index (κ3) is 6.61. The molecule has 0 radical (unpaired) electrons. The van der Waals surface area contributed by atoms with Crippen LogP contribution in [0.5, 0.6) is 5.88 Å². The van der Waals surface area contributed by atoms with Gasteiger partial charge in [-0.05, 0) is 67.2 Å². The molecule has 3 aromatic rings. The molecular weight excluding hydrogens is 628 g/mol. The topological polar surface area (TPSA) is 136 Å². The summed E-state index contributed by atoms with van der Waals surface area (Å²) in [6.45, 7) is 13.8. The molecule has 48 heavy (non-hydrogen) atoms. The summed E-state index contributed by atoms with van der Waals surface area (Å²) in [5, 5.41) is 1.16. The zero-order valence-corrected chi connectivity index (χ0v) is 29.0. The van der Waals surface area contributed by atoms with Crippen LogP contribution in [0.25, 0.3) is 22.2 Å². The number of allylic oxidation sites excluding steroid dienone is 1. The Morgan fingerprint density at radius 3 is 2.52 bits per heavy atom. The molecule has 5 atom stereocenters. The predicted octanol–water partition coefficient (Wildman–Crippen LogP) is 5.40. The van der Waals surface area contributed by atoms with E-state index in [-0.39, 0.29) is 42.4 Å². The molecule has 3 fully saturated rings. The van der Waals surface area contributed by atoms with E-state index in [9.17, 15) is 22.8 Å². The number of Topliss-reactive ketones (excluding diaryl/α,β-unsaturated/α-hetero) is 1. The average molecular weight is 673 g/mol. The molecular formula is C37H44N4O6S. The molecule has 0 bridgehead atoms. The molecule has 1 aromatic carbocycles. The number of pyridine rings is 2. The Hall–Kier alpha value is -4.12. The summed E-state index contributed by atoms with van der Waals surface area (Å²) < 4.78 is 34.1. The number of benzene rings is 1. The van der Waals surface area contributed by atoms with Gasteiger partial charge >= 0.3 is 0 Å². The summed E-state index contributed by atoms with van der Waals surface area (Å²) in [6.07, 6.45) is 4.12. The van der Waals surface area contributed by atoms with Crippen LogP contribution in [0, 0.1) is 29.6 Å². The maximum Gasteiger partial charge on any atom is 0.240 e. The highest BCUT2D eigenvalue weighted by Gasteiger charge is 2.61. The molecule has 1 aliphatic heterocycles. The minimum Gasteiger partial charge on any atom is -0.472 e. The van der Waals surface area contributed by atoms with Gasteiger partial charge in [-0.1, -0.05) is 57.5 Å². The van der Waals surface area contributed by atoms with Crippen LogP contribution in [0.2, 0.25) is 0 Å². The lowest BCUT2D eigenvalue weighted by Gasteiger charge is -2.33. The molecule has 10 nitrogen and oxygen atoms in total. The number of carbonyl (C=O) groups is 3. The van der Waals surface area contributed by atoms with Crippen molar-refractivity contribution in [2.75, 3.05) is 6.54 Å². The number of hydrogen-bond acceptors (Lipinski definition) is 8. The number of aromatic nitrogens is 2. The van der Waals surface area contributed by atoms with Crippen molar-refractivity contribution < 1.29 is 27.5 Å². The first-order chi connectivity index (χ1) is 22.6. The SMILES string of the molecule is C=CC1C[C@]1(CC(=O)[C@@H]1C[C@@H](Oc2nc(-c3ccccn3)cc3cc(C)ccc23)CN1C(=O)[C@@H](C)C(C)(C)C)C(=O)NS(=O)(=O)C1CC1. The number of nitrogens with one attached hydrogen (secondary N) is 1. The van der Waals surface area contributed by atoms with Gasteiger partial charge in [0, 0.05) is 30.3 Å². The van der Waals surface area contributed by atoms with E-state index in [1.807, 2.05) is 71.0 Å². The Morgan fingerprint density at radius 1 is 1.15 bits per heavy atom. The van der Waals surface area contributed by atoms with Gasteiger partial charge in [0.1, 0.15) is 6.10 Å². The highest BCUT2D eigenvalue weighted by molar-refractivity contribution is 7.90. The van der Waals surface area contributed by atoms with Crippen LogP contribution in [-0.4, -0.2) is 64.8 Å². The van der Waals surface area contributed by atoms with Gasteiger partial charge in [0.25, 0.3) is 0 Å². The van der Waals surface area contributed by atoms with Crippen LogP contribution in [-0.2, 0) is 24.4 Å². The van der Waals surface area contributed by atoms with Crippen molar-refractivity contribution in [2.24, 2.45) is 22.7 Å². The zero-order valence-electron chi connectivity index (χ0n) is 28.2. The Morgan fingerprint density at radius 2 is 1.90 bits per heavy atom. The number of likely N-dealkylation sites (tertiary alicyclic amines) is 1. The number of ether oxygens (including phenoxy) is 1. The monoisotopic (exact) mass is 672 g/mol. The molecule has 0 spiro atoms. The van der Waals surface area contributed by atoms with E-state index in [1.54, 1.807) is 17.2 Å². The van der Waals surface area contributed by atoms with Crippen LogP contribution < -0.4 is 9.46 Å². The van der Waals surface area contributed by atoms with Crippen molar-refractivity contribution in [3.8, 4) is 17.3 Å². The largest absolute Gasteiger partial charge is 0.472 e. The molecule has 2 aliphatic carbocycles. The fourth-order valence-corrected chi connectivity index (χ4v) is 7.98. The molecule has 11 heteroatoms. The van der Waals surface area contributed by atoms with Gasteiger partial charge < -0.3 is 9.64 Å². The molecule has 2 aromatic heterocycles. The molecule has 2 amide bonds. The van der Waals surface area contributed by atoms with E-state index < -0.39 is 44.7 Å². The number of aryl methyl sites for hydroxylation is 1. The number of ketones is 1. The van der Waals surface area contributed by atoms with Crippen molar-refractivity contribution in [3.05, 3.63) is 66.9 Å². The molecule has 2 saturated carbocycles. The molecule has 1 unspecified atom stereocenters. The van der Waals surface area contributed by atoms with Crippen molar-refractivity contribution >= 4 is 38.4 Å². The highest BCUT2D eigenvalue weighted by Crippen LogP contribution is 2.57. The van der Waals surface area contributed by atoms with Crippen molar-refractivity contribution in [2.45, 2.75) is 84.1 Å². The van der Waals surface area contributed by atoms with E-state index in [4.69, 9.17) is 9.72 Å². The van der Waals surface area contributed by atoms with Crippen LogP contribution in [0.15, 0.2) is 61.3 Å². The lowest BCUT2D eigenvalue weighted by molar-refractivity contribution is -0.144. The van der Waals surface area contributed by atoms with Gasteiger partial charge in [0.05, 0.1) is 34.6 Å². The Balaban J connectivity index is 1.30. The number of hydrogen-bond donors (Lipinski definition) is 1. The van der Waals surface area contributed by atoms with Gasteiger partial charge in [-0.2, -0.15) is 0 Å². The standard InChI is InChI=1S/C37H44N4O6S/c1-7-25-19-37(25,35(44)40-48(45,46)27-12-13-27)20-32(42)31-18-26(21-41(31)34(43)23(3)36(4,5)6)47-33-28-14-11-22(2)16-24(28)17-30(39-33)29-10-8-9-15-38-29/h7-11,14-17,23,25-27,31H,1,12-13,18-21H2,2-6H3,(H,40,44)/t23-,25?,26-,31+,37-/m1/s1. The normalized spacial score (nSPS) is 24.6. The fourth-order valence-electron chi connectivity index (χ4n) is 6.60. The molecule has 3 heterocycles. The third-order valence-electron chi connectivity index (χ3n) is 10.3. The first-order valence-corrected chi connectivity index (χ1v) is 18.2. The minimum absolute atomic E-state index is 0.165. The first-order valence-electron chi connectivity index (χ1n) is 16.6. The van der Waals surface area contributed by atoms with E-state index in [2.05, 4.69) is 22.4 Å². The van der Waals surface area contributed by atoms with Gasteiger partial charge in [-0.15, -0.1) is 6.58 Å². The second kappa shape index (κ2) is 12.4. The molecule has 1 N–H and O–H groups in total. The van der Waals surface area contributed by atoms with Gasteiger partial charge in [-0.3, -0.25) is 24.1 Å². The maximum atomic E-state index is 14.2. The summed E-state index contributed by atoms with van der Waals surface area (Å²) in [7, 11) is -3.80. The number of sulfonamides is 1.